The van der Waals surface area contributed by atoms with Crippen LogP contribution in [0, 0.1) is 0 Å². The van der Waals surface area contributed by atoms with Crippen LogP contribution < -0.4 is 15.9 Å². The fourth-order valence-corrected chi connectivity index (χ4v) is 5.94. The minimum Gasteiger partial charge on any atom is -0.506 e. The topological polar surface area (TPSA) is 37.3 Å². The van der Waals surface area contributed by atoms with Gasteiger partial charge in [0.25, 0.3) is 0 Å². The Kier molecular flexibility index (Phi) is 3.91. The average Bonchev–Trinajstić information content (AvgIpc) is 2.69. The van der Waals surface area contributed by atoms with Gasteiger partial charge >= 0.3 is 0 Å². The molecule has 3 heteroatoms. The largest absolute Gasteiger partial charge is 0.506 e. The highest BCUT2D eigenvalue weighted by atomic mass is 31.2. The molecular weight excluding hydrogens is 327 g/mol. The SMILES string of the molecule is O=P(c1ccccc1)(c1ccccc1)c1ccc2ccccc2c1O. The van der Waals surface area contributed by atoms with Crippen LogP contribution in [0.1, 0.15) is 0 Å². The second-order valence-electron chi connectivity index (χ2n) is 5.93. The van der Waals surface area contributed by atoms with Crippen molar-refractivity contribution in [3.63, 3.8) is 0 Å². The van der Waals surface area contributed by atoms with Crippen LogP contribution in [0.5, 0.6) is 5.75 Å². The van der Waals surface area contributed by atoms with E-state index in [1.54, 1.807) is 6.07 Å². The molecular formula is C22H17O2P. The molecule has 0 unspecified atom stereocenters. The summed E-state index contributed by atoms with van der Waals surface area (Å²) in [5, 5.41) is 14.5. The van der Waals surface area contributed by atoms with Crippen molar-refractivity contribution in [2.24, 2.45) is 0 Å². The van der Waals surface area contributed by atoms with Crippen molar-refractivity contribution in [1.82, 2.24) is 0 Å². The van der Waals surface area contributed by atoms with Gasteiger partial charge in [0, 0.05) is 16.0 Å². The van der Waals surface area contributed by atoms with E-state index < -0.39 is 7.14 Å². The molecule has 0 aliphatic rings. The number of rotatable bonds is 3. The minimum atomic E-state index is -3.17. The normalized spacial score (nSPS) is 11.5. The predicted octanol–water partition coefficient (Wildman–Crippen LogP) is 4.18. The molecule has 2 nitrogen and oxygen atoms in total. The Morgan fingerprint density at radius 2 is 1.12 bits per heavy atom. The second-order valence-corrected chi connectivity index (χ2v) is 8.67. The van der Waals surface area contributed by atoms with Crippen LogP contribution in [0.2, 0.25) is 0 Å². The van der Waals surface area contributed by atoms with Crippen LogP contribution >= 0.6 is 7.14 Å². The van der Waals surface area contributed by atoms with Crippen molar-refractivity contribution >= 4 is 33.8 Å². The zero-order chi connectivity index (χ0) is 17.3. The zero-order valence-corrected chi connectivity index (χ0v) is 14.4. The molecule has 122 valence electrons. The van der Waals surface area contributed by atoms with E-state index in [0.717, 1.165) is 5.39 Å². The molecule has 0 aliphatic carbocycles. The van der Waals surface area contributed by atoms with Crippen molar-refractivity contribution < 1.29 is 9.67 Å². The highest BCUT2D eigenvalue weighted by Crippen LogP contribution is 2.46. The van der Waals surface area contributed by atoms with Crippen LogP contribution in [0.25, 0.3) is 10.8 Å². The summed E-state index contributed by atoms with van der Waals surface area (Å²) in [4.78, 5) is 0. The quantitative estimate of drug-likeness (QED) is 0.566. The van der Waals surface area contributed by atoms with Gasteiger partial charge in [0.05, 0.1) is 5.30 Å². The van der Waals surface area contributed by atoms with Gasteiger partial charge < -0.3 is 9.67 Å². The lowest BCUT2D eigenvalue weighted by Crippen LogP contribution is -2.25. The summed E-state index contributed by atoms with van der Waals surface area (Å²) in [6.07, 6.45) is 0. The summed E-state index contributed by atoms with van der Waals surface area (Å²) >= 11 is 0. The molecule has 0 atom stereocenters. The highest BCUT2D eigenvalue weighted by molar-refractivity contribution is 7.85. The fourth-order valence-electron chi connectivity index (χ4n) is 3.20. The molecule has 0 bridgehead atoms. The lowest BCUT2D eigenvalue weighted by molar-refractivity contribution is 0.485. The molecule has 0 radical (unpaired) electrons. The Balaban J connectivity index is 2.06. The van der Waals surface area contributed by atoms with E-state index >= 15 is 0 Å². The van der Waals surface area contributed by atoms with E-state index in [1.807, 2.05) is 91.0 Å². The van der Waals surface area contributed by atoms with Crippen LogP contribution in [0.3, 0.4) is 0 Å². The van der Waals surface area contributed by atoms with Gasteiger partial charge in [-0.15, -0.1) is 0 Å². The third kappa shape index (κ3) is 2.56. The van der Waals surface area contributed by atoms with Crippen molar-refractivity contribution in [2.45, 2.75) is 0 Å². The van der Waals surface area contributed by atoms with E-state index in [1.165, 1.54) is 0 Å². The molecule has 0 aromatic heterocycles. The first-order valence-electron chi connectivity index (χ1n) is 8.14. The third-order valence-electron chi connectivity index (χ3n) is 4.46. The van der Waals surface area contributed by atoms with Gasteiger partial charge in [0.2, 0.25) is 0 Å². The predicted molar refractivity (Wildman–Crippen MR) is 105 cm³/mol. The Morgan fingerprint density at radius 1 is 0.600 bits per heavy atom. The molecule has 0 spiro atoms. The van der Waals surface area contributed by atoms with E-state index in [-0.39, 0.29) is 5.75 Å². The number of aromatic hydroxyl groups is 1. The first-order chi connectivity index (χ1) is 12.2. The van der Waals surface area contributed by atoms with Crippen molar-refractivity contribution in [3.05, 3.63) is 97.1 Å². The van der Waals surface area contributed by atoms with E-state index in [4.69, 9.17) is 0 Å². The monoisotopic (exact) mass is 344 g/mol. The van der Waals surface area contributed by atoms with Gasteiger partial charge in [-0.25, -0.2) is 0 Å². The third-order valence-corrected chi connectivity index (χ3v) is 7.55. The van der Waals surface area contributed by atoms with Crippen molar-refractivity contribution in [3.8, 4) is 5.75 Å². The van der Waals surface area contributed by atoms with E-state index in [9.17, 15) is 9.67 Å². The Morgan fingerprint density at radius 3 is 1.72 bits per heavy atom. The van der Waals surface area contributed by atoms with Crippen LogP contribution in [-0.2, 0) is 4.57 Å². The number of fused-ring (bicyclic) bond motifs is 1. The summed E-state index contributed by atoms with van der Waals surface area (Å²) in [6.45, 7) is 0. The molecule has 1 N–H and O–H groups in total. The maximum Gasteiger partial charge on any atom is 0.174 e. The molecule has 0 heterocycles. The number of phenols is 1. The maximum absolute atomic E-state index is 14.3. The van der Waals surface area contributed by atoms with Crippen LogP contribution in [-0.4, -0.2) is 5.11 Å². The zero-order valence-electron chi connectivity index (χ0n) is 13.5. The number of benzene rings is 4. The molecule has 4 aromatic rings. The maximum atomic E-state index is 14.3. The van der Waals surface area contributed by atoms with Crippen molar-refractivity contribution in [1.29, 1.82) is 0 Å². The molecule has 0 saturated heterocycles. The Hall–Kier alpha value is -2.83. The number of hydrogen-bond acceptors (Lipinski definition) is 2. The summed E-state index contributed by atoms with van der Waals surface area (Å²) in [5.74, 6) is 0.0918. The smallest absolute Gasteiger partial charge is 0.174 e. The van der Waals surface area contributed by atoms with Gasteiger partial charge in [-0.3, -0.25) is 0 Å². The first-order valence-corrected chi connectivity index (χ1v) is 9.84. The first kappa shape index (κ1) is 15.7. The average molecular weight is 344 g/mol. The van der Waals surface area contributed by atoms with Gasteiger partial charge in [-0.1, -0.05) is 91.0 Å². The molecule has 4 aromatic carbocycles. The molecule has 25 heavy (non-hydrogen) atoms. The molecule has 0 fully saturated rings. The number of hydrogen-bond donors (Lipinski definition) is 1. The van der Waals surface area contributed by atoms with Gasteiger partial charge in [-0.2, -0.15) is 0 Å². The highest BCUT2D eigenvalue weighted by Gasteiger charge is 2.32. The molecule has 4 rings (SSSR count). The summed E-state index contributed by atoms with van der Waals surface area (Å²) < 4.78 is 14.3. The van der Waals surface area contributed by atoms with Crippen molar-refractivity contribution in [2.75, 3.05) is 0 Å². The second kappa shape index (κ2) is 6.23. The summed E-state index contributed by atoms with van der Waals surface area (Å²) in [5.41, 5.74) is 0. The Labute approximate surface area is 146 Å². The van der Waals surface area contributed by atoms with E-state index in [2.05, 4.69) is 0 Å². The lowest BCUT2D eigenvalue weighted by atomic mass is 10.1. The summed E-state index contributed by atoms with van der Waals surface area (Å²) in [6, 6.07) is 30.1. The van der Waals surface area contributed by atoms with Gasteiger partial charge in [0.1, 0.15) is 5.75 Å². The summed E-state index contributed by atoms with van der Waals surface area (Å²) in [7, 11) is -3.17. The molecule has 0 saturated carbocycles. The fraction of sp³-hybridized carbons (Fsp3) is 0. The lowest BCUT2D eigenvalue weighted by Gasteiger charge is -2.21. The minimum absolute atomic E-state index is 0.0918. The number of phenolic OH excluding ortho intramolecular Hbond substituents is 1. The van der Waals surface area contributed by atoms with Gasteiger partial charge in [-0.05, 0) is 11.5 Å². The van der Waals surface area contributed by atoms with Gasteiger partial charge in [0.15, 0.2) is 7.14 Å². The molecule has 0 amide bonds. The molecule has 0 aliphatic heterocycles. The van der Waals surface area contributed by atoms with Crippen LogP contribution in [0.15, 0.2) is 97.1 Å². The standard InChI is InChI=1S/C22H17O2P/c23-22-20-14-8-7-9-17(20)15-16-21(22)25(24,18-10-3-1-4-11-18)19-12-5-2-6-13-19/h1-16,23H. The Bertz CT molecular complexity index is 1030. The van der Waals surface area contributed by atoms with E-state index in [0.29, 0.717) is 21.3 Å². The van der Waals surface area contributed by atoms with Crippen LogP contribution in [0.4, 0.5) is 0 Å².